The quantitative estimate of drug-likeness (QED) is 0.243. The van der Waals surface area contributed by atoms with Gasteiger partial charge in [-0.05, 0) is 93.7 Å². The summed E-state index contributed by atoms with van der Waals surface area (Å²) < 4.78 is 2.28. The summed E-state index contributed by atoms with van der Waals surface area (Å²) in [4.78, 5) is 14.2. The number of rotatable bonds is 0. The highest BCUT2D eigenvalue weighted by atomic mass is 15.0. The first-order chi connectivity index (χ1) is 17.3. The Morgan fingerprint density at radius 2 is 1.46 bits per heavy atom. The molecule has 0 unspecified atom stereocenters. The smallest absolute Gasteiger partial charge is 0.146 e. The second kappa shape index (κ2) is 6.10. The molecule has 162 valence electrons. The van der Waals surface area contributed by atoms with Gasteiger partial charge in [-0.25, -0.2) is 4.98 Å². The lowest BCUT2D eigenvalue weighted by molar-refractivity contribution is 1.21. The van der Waals surface area contributed by atoms with Gasteiger partial charge in [0.1, 0.15) is 5.65 Å². The number of benzene rings is 3. The van der Waals surface area contributed by atoms with Crippen molar-refractivity contribution in [1.29, 1.82) is 0 Å². The minimum absolute atomic E-state index is 0.956. The SMILES string of the molecule is c1ccc2c(c1)Cc1cc3c(cc1-2)-c1cc2c(cc1C3)nc1c3ccncc3c3ncccc3n21. The molecule has 0 saturated heterocycles. The van der Waals surface area contributed by atoms with Crippen LogP contribution >= 0.6 is 0 Å². The number of hydrogen-bond acceptors (Lipinski definition) is 3. The van der Waals surface area contributed by atoms with Crippen LogP contribution in [0.2, 0.25) is 0 Å². The van der Waals surface area contributed by atoms with Gasteiger partial charge in [-0.3, -0.25) is 14.4 Å². The Morgan fingerprint density at radius 1 is 0.629 bits per heavy atom. The van der Waals surface area contributed by atoms with E-state index < -0.39 is 0 Å². The van der Waals surface area contributed by atoms with Crippen LogP contribution in [0.1, 0.15) is 22.3 Å². The molecule has 0 spiro atoms. The maximum atomic E-state index is 5.13. The highest BCUT2D eigenvalue weighted by Crippen LogP contribution is 2.46. The first-order valence-corrected chi connectivity index (χ1v) is 12.0. The molecule has 0 atom stereocenters. The fourth-order valence-corrected chi connectivity index (χ4v) is 6.39. The maximum Gasteiger partial charge on any atom is 0.146 e. The third-order valence-electron chi connectivity index (χ3n) is 7.91. The lowest BCUT2D eigenvalue weighted by Crippen LogP contribution is -1.93. The van der Waals surface area contributed by atoms with E-state index in [2.05, 4.69) is 70.0 Å². The zero-order valence-corrected chi connectivity index (χ0v) is 18.8. The van der Waals surface area contributed by atoms with Gasteiger partial charge in [-0.15, -0.1) is 0 Å². The number of fused-ring (bicyclic) bond motifs is 14. The standard InChI is InChI=1S/C31H18N4/c1-2-5-21-17(4-1)10-18-11-19-12-20-13-27-29(15-25(20)24(19)14-23(18)21)35-28-6-3-8-33-30(28)26-16-32-9-7-22(26)31(35)34-27/h1-9,11,13-16H,10,12H2. The van der Waals surface area contributed by atoms with E-state index in [9.17, 15) is 0 Å². The van der Waals surface area contributed by atoms with E-state index in [0.717, 1.165) is 51.3 Å². The molecule has 7 aromatic rings. The Hall–Kier alpha value is -4.57. The summed E-state index contributed by atoms with van der Waals surface area (Å²) in [6.45, 7) is 0. The number of aromatic nitrogens is 4. The van der Waals surface area contributed by atoms with Crippen molar-refractivity contribution in [2.24, 2.45) is 0 Å². The van der Waals surface area contributed by atoms with Crippen LogP contribution < -0.4 is 0 Å². The van der Waals surface area contributed by atoms with Gasteiger partial charge in [0.25, 0.3) is 0 Å². The minimum atomic E-state index is 0.956. The number of nitrogens with zero attached hydrogens (tertiary/aromatic N) is 4. The van der Waals surface area contributed by atoms with Crippen LogP contribution in [-0.4, -0.2) is 19.4 Å². The number of pyridine rings is 3. The largest absolute Gasteiger partial charge is 0.290 e. The van der Waals surface area contributed by atoms with E-state index in [0.29, 0.717) is 0 Å². The van der Waals surface area contributed by atoms with Gasteiger partial charge in [0.15, 0.2) is 0 Å². The van der Waals surface area contributed by atoms with Crippen molar-refractivity contribution in [2.45, 2.75) is 12.8 Å². The van der Waals surface area contributed by atoms with Crippen LogP contribution in [-0.2, 0) is 12.8 Å². The van der Waals surface area contributed by atoms with Crippen LogP contribution in [0.25, 0.3) is 60.7 Å². The lowest BCUT2D eigenvalue weighted by Gasteiger charge is -2.09. The molecule has 0 aliphatic heterocycles. The highest BCUT2D eigenvalue weighted by molar-refractivity contribution is 6.12. The monoisotopic (exact) mass is 446 g/mol. The Kier molecular flexibility index (Phi) is 3.11. The second-order valence-electron chi connectivity index (χ2n) is 9.74. The van der Waals surface area contributed by atoms with Crippen molar-refractivity contribution in [3.63, 3.8) is 0 Å². The highest BCUT2D eigenvalue weighted by Gasteiger charge is 2.26. The van der Waals surface area contributed by atoms with Gasteiger partial charge in [0.05, 0.1) is 22.1 Å². The predicted molar refractivity (Wildman–Crippen MR) is 140 cm³/mol. The first-order valence-electron chi connectivity index (χ1n) is 12.0. The molecule has 2 aliphatic rings. The summed E-state index contributed by atoms with van der Waals surface area (Å²) in [6, 6.07) is 24.5. The fourth-order valence-electron chi connectivity index (χ4n) is 6.39. The van der Waals surface area contributed by atoms with Crippen LogP contribution in [0.4, 0.5) is 0 Å². The van der Waals surface area contributed by atoms with Gasteiger partial charge in [0, 0.05) is 29.4 Å². The summed E-state index contributed by atoms with van der Waals surface area (Å²) in [5, 5.41) is 2.12. The van der Waals surface area contributed by atoms with Gasteiger partial charge in [-0.2, -0.15) is 0 Å². The minimum Gasteiger partial charge on any atom is -0.290 e. The lowest BCUT2D eigenvalue weighted by atomic mass is 9.98. The molecule has 0 saturated carbocycles. The summed E-state index contributed by atoms with van der Waals surface area (Å²) in [7, 11) is 0. The molecule has 0 N–H and O–H groups in total. The molecule has 3 aromatic carbocycles. The number of imidazole rings is 1. The summed E-state index contributed by atoms with van der Waals surface area (Å²) in [5.74, 6) is 0. The van der Waals surface area contributed by atoms with Crippen molar-refractivity contribution >= 4 is 38.5 Å². The zero-order valence-electron chi connectivity index (χ0n) is 18.8. The molecule has 4 heterocycles. The third kappa shape index (κ3) is 2.20. The van der Waals surface area contributed by atoms with Gasteiger partial charge in [-0.1, -0.05) is 30.3 Å². The molecule has 4 heteroatoms. The first kappa shape index (κ1) is 17.8. The van der Waals surface area contributed by atoms with Crippen molar-refractivity contribution in [3.8, 4) is 22.3 Å². The van der Waals surface area contributed by atoms with Crippen LogP contribution in [0.5, 0.6) is 0 Å². The molecule has 0 fully saturated rings. The van der Waals surface area contributed by atoms with Gasteiger partial charge < -0.3 is 0 Å². The van der Waals surface area contributed by atoms with E-state index in [1.165, 1.54) is 44.5 Å². The molecular formula is C31H18N4. The van der Waals surface area contributed by atoms with Crippen molar-refractivity contribution in [2.75, 3.05) is 0 Å². The Balaban J connectivity index is 1.37. The summed E-state index contributed by atoms with van der Waals surface area (Å²) in [5.41, 5.74) is 16.3. The molecule has 0 amide bonds. The topological polar surface area (TPSA) is 43.1 Å². The maximum absolute atomic E-state index is 5.13. The number of hydrogen-bond donors (Lipinski definition) is 0. The van der Waals surface area contributed by atoms with Crippen LogP contribution in [0.3, 0.4) is 0 Å². The molecule has 35 heavy (non-hydrogen) atoms. The molecule has 0 radical (unpaired) electrons. The molecular weight excluding hydrogens is 428 g/mol. The zero-order chi connectivity index (χ0) is 22.7. The van der Waals surface area contributed by atoms with Gasteiger partial charge in [0.2, 0.25) is 0 Å². The van der Waals surface area contributed by atoms with E-state index in [1.807, 2.05) is 24.7 Å². The Labute approximate surface area is 200 Å². The summed E-state index contributed by atoms with van der Waals surface area (Å²) >= 11 is 0. The average Bonchev–Trinajstić information content (AvgIpc) is 3.56. The average molecular weight is 447 g/mol. The van der Waals surface area contributed by atoms with Crippen LogP contribution in [0, 0.1) is 0 Å². The molecule has 4 nitrogen and oxygen atoms in total. The third-order valence-corrected chi connectivity index (χ3v) is 7.91. The predicted octanol–water partition coefficient (Wildman–Crippen LogP) is 6.73. The molecule has 4 aromatic heterocycles. The van der Waals surface area contributed by atoms with E-state index in [1.54, 1.807) is 0 Å². The fraction of sp³-hybridized carbons (Fsp3) is 0.0645. The second-order valence-corrected chi connectivity index (χ2v) is 9.74. The van der Waals surface area contributed by atoms with E-state index >= 15 is 0 Å². The van der Waals surface area contributed by atoms with Crippen molar-refractivity contribution in [3.05, 3.63) is 108 Å². The van der Waals surface area contributed by atoms with Gasteiger partial charge >= 0.3 is 0 Å². The van der Waals surface area contributed by atoms with Crippen LogP contribution in [0.15, 0.2) is 85.3 Å². The van der Waals surface area contributed by atoms with Crippen molar-refractivity contribution in [1.82, 2.24) is 19.4 Å². The Morgan fingerprint density at radius 3 is 2.43 bits per heavy atom. The summed E-state index contributed by atoms with van der Waals surface area (Å²) in [6.07, 6.45) is 7.59. The molecule has 9 rings (SSSR count). The Bertz CT molecular complexity index is 2070. The normalized spacial score (nSPS) is 13.5. The van der Waals surface area contributed by atoms with Crippen molar-refractivity contribution < 1.29 is 0 Å². The van der Waals surface area contributed by atoms with E-state index in [-0.39, 0.29) is 0 Å². The van der Waals surface area contributed by atoms with E-state index in [4.69, 9.17) is 9.97 Å². The molecule has 2 aliphatic carbocycles. The molecule has 0 bridgehead atoms.